The number of fused-ring (bicyclic) bond motifs is 3. The Labute approximate surface area is 188 Å². The van der Waals surface area contributed by atoms with E-state index in [-0.39, 0.29) is 17.2 Å². The van der Waals surface area contributed by atoms with Gasteiger partial charge < -0.3 is 19.8 Å². The summed E-state index contributed by atoms with van der Waals surface area (Å²) in [4.78, 5) is 33.8. The number of H-pyrrole nitrogens is 1. The number of carbonyl (C=O) groups excluding carboxylic acids is 1. The topological polar surface area (TPSA) is 98.2 Å². The van der Waals surface area contributed by atoms with E-state index < -0.39 is 0 Å². The molecular formula is C23H24N4O4S. The average Bonchev–Trinajstić information content (AvgIpc) is 3.20. The normalized spacial score (nSPS) is 11.1. The Balaban J connectivity index is 1.89. The maximum absolute atomic E-state index is 13.6. The second kappa shape index (κ2) is 9.35. The van der Waals surface area contributed by atoms with Gasteiger partial charge in [0.25, 0.3) is 5.56 Å². The predicted octanol–water partition coefficient (Wildman–Crippen LogP) is 3.50. The summed E-state index contributed by atoms with van der Waals surface area (Å²) in [7, 11) is 3.09. The van der Waals surface area contributed by atoms with Crippen LogP contribution in [0.25, 0.3) is 27.6 Å². The third-order valence-electron chi connectivity index (χ3n) is 5.02. The molecule has 0 unspecified atom stereocenters. The number of aromatic nitrogens is 3. The van der Waals surface area contributed by atoms with E-state index in [1.807, 2.05) is 31.2 Å². The monoisotopic (exact) mass is 452 g/mol. The van der Waals surface area contributed by atoms with E-state index in [2.05, 4.69) is 10.3 Å². The lowest BCUT2D eigenvalue weighted by Gasteiger charge is -2.14. The highest BCUT2D eigenvalue weighted by molar-refractivity contribution is 7.99. The molecular weight excluding hydrogens is 428 g/mol. The second-order valence-electron chi connectivity index (χ2n) is 7.11. The molecule has 2 aromatic carbocycles. The van der Waals surface area contributed by atoms with E-state index in [1.165, 1.54) is 23.4 Å². The number of hydrogen-bond donors (Lipinski definition) is 2. The second-order valence-corrected chi connectivity index (χ2v) is 8.05. The van der Waals surface area contributed by atoms with Crippen LogP contribution < -0.4 is 20.3 Å². The number of ether oxygens (including phenoxy) is 2. The van der Waals surface area contributed by atoms with E-state index in [0.717, 1.165) is 17.3 Å². The maximum Gasteiger partial charge on any atom is 0.283 e. The molecule has 0 radical (unpaired) electrons. The lowest BCUT2D eigenvalue weighted by molar-refractivity contribution is -0.118. The molecule has 0 spiro atoms. The van der Waals surface area contributed by atoms with Gasteiger partial charge in [0.2, 0.25) is 5.91 Å². The van der Waals surface area contributed by atoms with Gasteiger partial charge in [-0.1, -0.05) is 36.9 Å². The van der Waals surface area contributed by atoms with Crippen LogP contribution in [-0.2, 0) is 4.79 Å². The van der Waals surface area contributed by atoms with Crippen molar-refractivity contribution in [1.82, 2.24) is 19.9 Å². The number of aromatic amines is 1. The minimum Gasteiger partial charge on any atom is -0.493 e. The largest absolute Gasteiger partial charge is 0.493 e. The van der Waals surface area contributed by atoms with Crippen LogP contribution in [0, 0.1) is 0 Å². The van der Waals surface area contributed by atoms with Gasteiger partial charge in [-0.2, -0.15) is 0 Å². The average molecular weight is 453 g/mol. The van der Waals surface area contributed by atoms with E-state index >= 15 is 0 Å². The molecule has 32 heavy (non-hydrogen) atoms. The van der Waals surface area contributed by atoms with Gasteiger partial charge >= 0.3 is 0 Å². The fraction of sp³-hybridized carbons (Fsp3) is 0.261. The van der Waals surface area contributed by atoms with Crippen molar-refractivity contribution in [2.24, 2.45) is 0 Å². The number of nitrogens with one attached hydrogen (secondary N) is 2. The smallest absolute Gasteiger partial charge is 0.283 e. The molecule has 0 aliphatic rings. The molecule has 9 heteroatoms. The van der Waals surface area contributed by atoms with Crippen LogP contribution in [0.1, 0.15) is 13.3 Å². The summed E-state index contributed by atoms with van der Waals surface area (Å²) in [5.74, 6) is 1.08. The van der Waals surface area contributed by atoms with Crippen molar-refractivity contribution in [3.05, 3.63) is 52.8 Å². The highest BCUT2D eigenvalue weighted by Gasteiger charge is 2.19. The number of hydrogen-bond acceptors (Lipinski definition) is 6. The summed E-state index contributed by atoms with van der Waals surface area (Å²) in [6.07, 6.45) is 0.853. The Kier molecular flexibility index (Phi) is 6.36. The highest BCUT2D eigenvalue weighted by Crippen LogP contribution is 2.31. The van der Waals surface area contributed by atoms with Crippen molar-refractivity contribution in [2.45, 2.75) is 18.5 Å². The van der Waals surface area contributed by atoms with Gasteiger partial charge in [0.15, 0.2) is 16.7 Å². The summed E-state index contributed by atoms with van der Waals surface area (Å²) in [5.41, 5.74) is 2.13. The van der Waals surface area contributed by atoms with Crippen molar-refractivity contribution >= 4 is 39.6 Å². The first-order chi connectivity index (χ1) is 15.6. The number of thioether (sulfide) groups is 1. The van der Waals surface area contributed by atoms with Gasteiger partial charge in [-0.05, 0) is 24.6 Å². The van der Waals surface area contributed by atoms with Gasteiger partial charge in [-0.3, -0.25) is 14.2 Å². The summed E-state index contributed by atoms with van der Waals surface area (Å²) in [6, 6.07) is 12.8. The summed E-state index contributed by atoms with van der Waals surface area (Å²) < 4.78 is 12.2. The van der Waals surface area contributed by atoms with Gasteiger partial charge in [0.1, 0.15) is 11.0 Å². The van der Waals surface area contributed by atoms with Gasteiger partial charge in [0, 0.05) is 23.5 Å². The van der Waals surface area contributed by atoms with Crippen LogP contribution in [0.5, 0.6) is 11.5 Å². The SMILES string of the molecule is CCCNC(=O)CSc1nc2c([nH]c3ccccc32)c(=O)n1-c1ccc(OC)c(OC)c1. The molecule has 1 amide bonds. The quantitative estimate of drug-likeness (QED) is 0.314. The minimum atomic E-state index is -0.255. The van der Waals surface area contributed by atoms with Crippen LogP contribution in [0.3, 0.4) is 0 Å². The molecule has 0 saturated carbocycles. The molecule has 0 saturated heterocycles. The zero-order valence-electron chi connectivity index (χ0n) is 18.1. The standard InChI is InChI=1S/C23H24N4O4S/c1-4-11-24-19(28)13-32-23-26-20-15-7-5-6-8-16(15)25-21(20)22(29)27(23)14-9-10-17(30-2)18(12-14)31-3/h5-10,12,25H,4,11,13H2,1-3H3,(H,24,28). The van der Waals surface area contributed by atoms with Crippen molar-refractivity contribution in [2.75, 3.05) is 26.5 Å². The van der Waals surface area contributed by atoms with E-state index in [1.54, 1.807) is 25.3 Å². The first-order valence-corrected chi connectivity index (χ1v) is 11.2. The molecule has 2 aromatic heterocycles. The van der Waals surface area contributed by atoms with E-state index in [9.17, 15) is 9.59 Å². The molecule has 0 fully saturated rings. The van der Waals surface area contributed by atoms with Gasteiger partial charge in [-0.15, -0.1) is 0 Å². The molecule has 2 N–H and O–H groups in total. The molecule has 0 aliphatic heterocycles. The Hall–Kier alpha value is -3.46. The number of nitrogens with zero attached hydrogens (tertiary/aromatic N) is 2. The summed E-state index contributed by atoms with van der Waals surface area (Å²) >= 11 is 1.22. The van der Waals surface area contributed by atoms with Crippen LogP contribution in [-0.4, -0.2) is 47.0 Å². The van der Waals surface area contributed by atoms with Crippen LogP contribution >= 0.6 is 11.8 Å². The number of para-hydroxylation sites is 1. The maximum atomic E-state index is 13.6. The number of carbonyl (C=O) groups is 1. The number of benzene rings is 2. The van der Waals surface area contributed by atoms with Crippen LogP contribution in [0.15, 0.2) is 52.4 Å². The molecule has 4 rings (SSSR count). The molecule has 0 atom stereocenters. The number of amides is 1. The van der Waals surface area contributed by atoms with Crippen molar-refractivity contribution in [3.63, 3.8) is 0 Å². The van der Waals surface area contributed by atoms with Crippen LogP contribution in [0.2, 0.25) is 0 Å². The Morgan fingerprint density at radius 2 is 1.94 bits per heavy atom. The molecule has 8 nitrogen and oxygen atoms in total. The zero-order valence-corrected chi connectivity index (χ0v) is 18.9. The van der Waals surface area contributed by atoms with Crippen molar-refractivity contribution in [1.29, 1.82) is 0 Å². The number of methoxy groups -OCH3 is 2. The summed E-state index contributed by atoms with van der Waals surface area (Å²) in [6.45, 7) is 2.60. The first kappa shape index (κ1) is 21.8. The number of rotatable bonds is 8. The lowest BCUT2D eigenvalue weighted by atomic mass is 10.2. The van der Waals surface area contributed by atoms with Gasteiger partial charge in [0.05, 0.1) is 25.7 Å². The molecule has 2 heterocycles. The molecule has 166 valence electrons. The van der Waals surface area contributed by atoms with Crippen molar-refractivity contribution in [3.8, 4) is 17.2 Å². The lowest BCUT2D eigenvalue weighted by Crippen LogP contribution is -2.27. The Morgan fingerprint density at radius 1 is 1.16 bits per heavy atom. The minimum absolute atomic E-state index is 0.107. The fourth-order valence-electron chi connectivity index (χ4n) is 3.48. The predicted molar refractivity (Wildman–Crippen MR) is 126 cm³/mol. The third kappa shape index (κ3) is 4.03. The fourth-order valence-corrected chi connectivity index (χ4v) is 4.31. The molecule has 4 aromatic rings. The zero-order chi connectivity index (χ0) is 22.7. The highest BCUT2D eigenvalue weighted by atomic mass is 32.2. The Morgan fingerprint density at radius 3 is 2.69 bits per heavy atom. The van der Waals surface area contributed by atoms with Crippen molar-refractivity contribution < 1.29 is 14.3 Å². The van der Waals surface area contributed by atoms with E-state index in [4.69, 9.17) is 14.5 Å². The first-order valence-electron chi connectivity index (χ1n) is 10.2. The van der Waals surface area contributed by atoms with Crippen LogP contribution in [0.4, 0.5) is 0 Å². The molecule has 0 aliphatic carbocycles. The Bertz CT molecular complexity index is 1350. The third-order valence-corrected chi connectivity index (χ3v) is 5.96. The van der Waals surface area contributed by atoms with Gasteiger partial charge in [-0.25, -0.2) is 4.98 Å². The summed E-state index contributed by atoms with van der Waals surface area (Å²) in [5, 5.41) is 4.13. The van der Waals surface area contributed by atoms with E-state index in [0.29, 0.717) is 39.9 Å². The molecule has 0 bridgehead atoms.